The highest BCUT2D eigenvalue weighted by molar-refractivity contribution is 7.93. The summed E-state index contributed by atoms with van der Waals surface area (Å²) in [5.41, 5.74) is -0.0786. The monoisotopic (exact) mass is 442 g/mol. The molecule has 0 bridgehead atoms. The van der Waals surface area contributed by atoms with E-state index in [1.165, 1.54) is 42.7 Å². The first kappa shape index (κ1) is 20.7. The van der Waals surface area contributed by atoms with Crippen molar-refractivity contribution in [1.29, 1.82) is 0 Å². The normalized spacial score (nSPS) is 11.8. The van der Waals surface area contributed by atoms with Crippen LogP contribution in [0.1, 0.15) is 21.5 Å². The van der Waals surface area contributed by atoms with E-state index in [9.17, 15) is 26.4 Å². The molecule has 0 aliphatic carbocycles. The molecule has 2 N–H and O–H groups in total. The molecule has 1 aromatic heterocycles. The van der Waals surface area contributed by atoms with Crippen LogP contribution in [0.15, 0.2) is 59.8 Å². The smallest absolute Gasteiger partial charge is 0.348 e. The summed E-state index contributed by atoms with van der Waals surface area (Å²) >= 11 is 0.881. The molecule has 0 aliphatic heterocycles. The molecule has 0 fully saturated rings. The Hall–Kier alpha value is -2.99. The lowest BCUT2D eigenvalue weighted by Crippen LogP contribution is -2.23. The topological polar surface area (TPSA) is 101 Å². The quantitative estimate of drug-likeness (QED) is 0.610. The van der Waals surface area contributed by atoms with Crippen molar-refractivity contribution in [2.75, 3.05) is 4.72 Å². The fraction of sp³-hybridized carbons (Fsp3) is 0.118. The fourth-order valence-corrected chi connectivity index (χ4v) is 3.93. The van der Waals surface area contributed by atoms with Crippen LogP contribution in [0.25, 0.3) is 0 Å². The van der Waals surface area contributed by atoms with Gasteiger partial charge in [-0.1, -0.05) is 12.1 Å². The van der Waals surface area contributed by atoms with Gasteiger partial charge >= 0.3 is 6.18 Å². The van der Waals surface area contributed by atoms with Crippen LogP contribution in [-0.4, -0.2) is 23.7 Å². The Morgan fingerprint density at radius 1 is 1.03 bits per heavy atom. The number of carbonyl (C=O) groups excluding carboxylic acids is 1. The maximum atomic E-state index is 12.6. The maximum Gasteiger partial charge on any atom is 0.416 e. The minimum atomic E-state index is -4.42. The molecule has 1 amide bonds. The average Bonchev–Trinajstić information content (AvgIpc) is 3.18. The van der Waals surface area contributed by atoms with Gasteiger partial charge < -0.3 is 5.32 Å². The second-order valence-corrected chi connectivity index (χ2v) is 8.22. The molecule has 0 unspecified atom stereocenters. The van der Waals surface area contributed by atoms with Gasteiger partial charge in [-0.3, -0.25) is 9.52 Å². The summed E-state index contributed by atoms with van der Waals surface area (Å²) in [6, 6.07) is 9.61. The number of hydrogen-bond acceptors (Lipinski definition) is 6. The van der Waals surface area contributed by atoms with Crippen LogP contribution < -0.4 is 10.0 Å². The second kappa shape index (κ2) is 8.17. The molecule has 0 spiro atoms. The van der Waals surface area contributed by atoms with Crippen molar-refractivity contribution in [3.63, 3.8) is 0 Å². The van der Waals surface area contributed by atoms with Crippen LogP contribution in [0.3, 0.4) is 0 Å². The molecular weight excluding hydrogens is 429 g/mol. The molecule has 3 rings (SSSR count). The van der Waals surface area contributed by atoms with E-state index in [0.29, 0.717) is 5.56 Å². The molecule has 1 heterocycles. The Morgan fingerprint density at radius 2 is 1.69 bits per heavy atom. The summed E-state index contributed by atoms with van der Waals surface area (Å²) in [5, 5.41) is 2.68. The number of carbonyl (C=O) groups is 1. The number of amides is 1. The number of benzene rings is 2. The van der Waals surface area contributed by atoms with Crippen molar-refractivity contribution in [2.45, 2.75) is 17.6 Å². The van der Waals surface area contributed by atoms with E-state index < -0.39 is 27.7 Å². The number of halogens is 3. The van der Waals surface area contributed by atoms with Crippen molar-refractivity contribution in [3.05, 3.63) is 71.5 Å². The van der Waals surface area contributed by atoms with Gasteiger partial charge in [0.1, 0.15) is 6.33 Å². The summed E-state index contributed by atoms with van der Waals surface area (Å²) in [5.74, 6) is -0.495. The Kier molecular flexibility index (Phi) is 5.84. The molecule has 2 aromatic carbocycles. The van der Waals surface area contributed by atoms with Crippen molar-refractivity contribution in [2.24, 2.45) is 0 Å². The number of anilines is 1. The van der Waals surface area contributed by atoms with Gasteiger partial charge in [0, 0.05) is 23.6 Å². The van der Waals surface area contributed by atoms with Gasteiger partial charge in [0.05, 0.1) is 10.5 Å². The molecule has 7 nitrogen and oxygen atoms in total. The van der Waals surface area contributed by atoms with Crippen molar-refractivity contribution < 1.29 is 26.4 Å². The first-order chi connectivity index (χ1) is 13.6. The van der Waals surface area contributed by atoms with Gasteiger partial charge in [-0.2, -0.15) is 17.5 Å². The summed E-state index contributed by atoms with van der Waals surface area (Å²) in [6.07, 6.45) is -3.21. The lowest BCUT2D eigenvalue weighted by molar-refractivity contribution is -0.137. The Labute approximate surface area is 167 Å². The number of aromatic nitrogens is 2. The molecule has 0 saturated carbocycles. The van der Waals surface area contributed by atoms with Crippen LogP contribution in [-0.2, 0) is 22.7 Å². The zero-order valence-corrected chi connectivity index (χ0v) is 16.1. The summed E-state index contributed by atoms with van der Waals surface area (Å²) in [7, 11) is -3.86. The summed E-state index contributed by atoms with van der Waals surface area (Å²) in [4.78, 5) is 15.9. The predicted octanol–water partition coefficient (Wildman–Crippen LogP) is 3.29. The van der Waals surface area contributed by atoms with Crippen LogP contribution in [0, 0.1) is 0 Å². The third kappa shape index (κ3) is 5.29. The van der Waals surface area contributed by atoms with E-state index in [1.54, 1.807) is 0 Å². The molecule has 0 aliphatic rings. The first-order valence-electron chi connectivity index (χ1n) is 7.99. The molecule has 3 aromatic rings. The molecule has 152 valence electrons. The Balaban J connectivity index is 1.62. The van der Waals surface area contributed by atoms with Gasteiger partial charge in [-0.15, -0.1) is 0 Å². The highest BCUT2D eigenvalue weighted by atomic mass is 32.2. The molecule has 29 heavy (non-hydrogen) atoms. The highest BCUT2D eigenvalue weighted by Crippen LogP contribution is 2.29. The van der Waals surface area contributed by atoms with Gasteiger partial charge in [-0.25, -0.2) is 13.4 Å². The Bertz CT molecular complexity index is 1080. The van der Waals surface area contributed by atoms with Crippen LogP contribution in [0.2, 0.25) is 0 Å². The number of sulfonamides is 1. The van der Waals surface area contributed by atoms with E-state index in [1.807, 2.05) is 0 Å². The molecule has 12 heteroatoms. The number of rotatable bonds is 6. The zero-order valence-electron chi connectivity index (χ0n) is 14.5. The van der Waals surface area contributed by atoms with Gasteiger partial charge in [0.2, 0.25) is 5.13 Å². The third-order valence-corrected chi connectivity index (χ3v) is 5.81. The number of nitrogens with zero attached hydrogens (tertiary/aromatic N) is 2. The van der Waals surface area contributed by atoms with E-state index in [4.69, 9.17) is 0 Å². The first-order valence-corrected chi connectivity index (χ1v) is 10.2. The minimum absolute atomic E-state index is 0.0234. The number of nitrogens with one attached hydrogen (secondary N) is 2. The standard InChI is InChI=1S/C17H13F3N4O3S2/c18-17(19,20)13-5-1-11(2-6-13)9-21-15(25)12-3-7-14(8-4-12)29(26,27)24-16-22-10-23-28-16/h1-8,10H,9H2,(H,21,25)(H,22,23,24). The highest BCUT2D eigenvalue weighted by Gasteiger charge is 2.29. The number of hydrogen-bond donors (Lipinski definition) is 2. The SMILES string of the molecule is O=C(NCc1ccc(C(F)(F)F)cc1)c1ccc(S(=O)(=O)Nc2ncns2)cc1. The Morgan fingerprint density at radius 3 is 2.24 bits per heavy atom. The van der Waals surface area contributed by atoms with Gasteiger partial charge in [0.15, 0.2) is 0 Å². The van der Waals surface area contributed by atoms with E-state index >= 15 is 0 Å². The molecular formula is C17H13F3N4O3S2. The predicted molar refractivity (Wildman–Crippen MR) is 99.8 cm³/mol. The largest absolute Gasteiger partial charge is 0.416 e. The van der Waals surface area contributed by atoms with Crippen LogP contribution >= 0.6 is 11.5 Å². The van der Waals surface area contributed by atoms with Crippen molar-refractivity contribution in [3.8, 4) is 0 Å². The molecule has 0 saturated heterocycles. The molecule has 0 radical (unpaired) electrons. The van der Waals surface area contributed by atoms with Crippen molar-refractivity contribution in [1.82, 2.24) is 14.7 Å². The van der Waals surface area contributed by atoms with Crippen LogP contribution in [0.5, 0.6) is 0 Å². The average molecular weight is 442 g/mol. The third-order valence-electron chi connectivity index (χ3n) is 3.74. The minimum Gasteiger partial charge on any atom is -0.348 e. The number of alkyl halides is 3. The van der Waals surface area contributed by atoms with Gasteiger partial charge in [0.25, 0.3) is 15.9 Å². The summed E-state index contributed by atoms with van der Waals surface area (Å²) < 4.78 is 68.1. The van der Waals surface area contributed by atoms with E-state index in [-0.39, 0.29) is 22.1 Å². The zero-order chi connectivity index (χ0) is 21.1. The summed E-state index contributed by atoms with van der Waals surface area (Å²) in [6.45, 7) is 0.0234. The van der Waals surface area contributed by atoms with Crippen LogP contribution in [0.4, 0.5) is 18.3 Å². The van der Waals surface area contributed by atoms with E-state index in [2.05, 4.69) is 19.4 Å². The van der Waals surface area contributed by atoms with Crippen molar-refractivity contribution >= 4 is 32.6 Å². The molecule has 0 atom stereocenters. The second-order valence-electron chi connectivity index (χ2n) is 5.75. The lowest BCUT2D eigenvalue weighted by Gasteiger charge is -2.09. The van der Waals surface area contributed by atoms with E-state index in [0.717, 1.165) is 23.7 Å². The lowest BCUT2D eigenvalue weighted by atomic mass is 10.1. The van der Waals surface area contributed by atoms with Gasteiger partial charge in [-0.05, 0) is 42.0 Å². The fourth-order valence-electron chi connectivity index (χ4n) is 2.27. The maximum absolute atomic E-state index is 12.6.